The molecule has 1 aliphatic rings. The molecule has 0 bridgehead atoms. The molecule has 8 heteroatoms. The van der Waals surface area contributed by atoms with Crippen molar-refractivity contribution in [2.75, 3.05) is 7.11 Å². The van der Waals surface area contributed by atoms with Crippen LogP contribution in [0, 0.1) is 0 Å². The third kappa shape index (κ3) is 4.17. The van der Waals surface area contributed by atoms with E-state index in [0.29, 0.717) is 6.54 Å². The summed E-state index contributed by atoms with van der Waals surface area (Å²) in [5.74, 6) is 0.499. The number of amides is 1. The monoisotopic (exact) mass is 394 g/mol. The minimum Gasteiger partial charge on any atom is -0.497 e. The fraction of sp³-hybridized carbons (Fsp3) is 0.278. The minimum absolute atomic E-state index is 0.00261. The van der Waals surface area contributed by atoms with Gasteiger partial charge in [-0.25, -0.2) is 13.6 Å². The van der Waals surface area contributed by atoms with Gasteiger partial charge in [0.25, 0.3) is 5.91 Å². The highest BCUT2D eigenvalue weighted by Gasteiger charge is 2.33. The molecule has 0 saturated heterocycles. The molecule has 0 aliphatic heterocycles. The molecule has 0 atom stereocenters. The van der Waals surface area contributed by atoms with E-state index in [1.54, 1.807) is 12.0 Å². The first-order chi connectivity index (χ1) is 12.3. The Hall–Kier alpha value is -2.09. The number of benzene rings is 2. The number of halogens is 1. The predicted molar refractivity (Wildman–Crippen MR) is 98.7 cm³/mol. The van der Waals surface area contributed by atoms with Gasteiger partial charge < -0.3 is 9.64 Å². The fourth-order valence-electron chi connectivity index (χ4n) is 2.70. The first-order valence-corrected chi connectivity index (χ1v) is 9.98. The smallest absolute Gasteiger partial charge is 0.254 e. The minimum atomic E-state index is -4.00. The van der Waals surface area contributed by atoms with Crippen molar-refractivity contribution in [2.45, 2.75) is 30.3 Å². The van der Waals surface area contributed by atoms with Gasteiger partial charge in [0.1, 0.15) is 10.6 Å². The lowest BCUT2D eigenvalue weighted by Gasteiger charge is -2.23. The fourth-order valence-corrected chi connectivity index (χ4v) is 3.77. The molecule has 0 heterocycles. The molecule has 1 saturated carbocycles. The van der Waals surface area contributed by atoms with Crippen molar-refractivity contribution in [3.63, 3.8) is 0 Å². The van der Waals surface area contributed by atoms with Crippen molar-refractivity contribution in [3.05, 3.63) is 58.6 Å². The first-order valence-electron chi connectivity index (χ1n) is 8.06. The van der Waals surface area contributed by atoms with Gasteiger partial charge in [-0.1, -0.05) is 23.7 Å². The molecular weight excluding hydrogens is 376 g/mol. The van der Waals surface area contributed by atoms with E-state index >= 15 is 0 Å². The molecular formula is C18H19ClN2O4S. The van der Waals surface area contributed by atoms with E-state index in [4.69, 9.17) is 21.5 Å². The van der Waals surface area contributed by atoms with Crippen LogP contribution in [0.4, 0.5) is 0 Å². The summed E-state index contributed by atoms with van der Waals surface area (Å²) in [7, 11) is -2.41. The van der Waals surface area contributed by atoms with Gasteiger partial charge in [0, 0.05) is 18.2 Å². The molecule has 6 nitrogen and oxygen atoms in total. The van der Waals surface area contributed by atoms with Crippen LogP contribution in [0.1, 0.15) is 28.8 Å². The second-order valence-electron chi connectivity index (χ2n) is 6.20. The van der Waals surface area contributed by atoms with E-state index in [9.17, 15) is 13.2 Å². The Labute approximate surface area is 157 Å². The Bertz CT molecular complexity index is 925. The summed E-state index contributed by atoms with van der Waals surface area (Å²) in [5, 5.41) is 5.17. The van der Waals surface area contributed by atoms with E-state index in [0.717, 1.165) is 24.2 Å². The van der Waals surface area contributed by atoms with Gasteiger partial charge in [-0.15, -0.1) is 0 Å². The van der Waals surface area contributed by atoms with Crippen LogP contribution in [0.2, 0.25) is 5.02 Å². The van der Waals surface area contributed by atoms with Gasteiger partial charge in [-0.3, -0.25) is 4.79 Å². The van der Waals surface area contributed by atoms with Crippen LogP contribution in [0.15, 0.2) is 47.4 Å². The lowest BCUT2D eigenvalue weighted by atomic mass is 10.1. The topological polar surface area (TPSA) is 89.7 Å². The third-order valence-electron chi connectivity index (χ3n) is 4.25. The summed E-state index contributed by atoms with van der Waals surface area (Å²) in [4.78, 5) is 14.5. The molecule has 0 spiro atoms. The summed E-state index contributed by atoms with van der Waals surface area (Å²) in [5.41, 5.74) is 1.21. The average Bonchev–Trinajstić information content (AvgIpc) is 3.44. The zero-order valence-corrected chi connectivity index (χ0v) is 15.8. The molecule has 1 amide bonds. The molecule has 26 heavy (non-hydrogen) atoms. The van der Waals surface area contributed by atoms with Gasteiger partial charge >= 0.3 is 0 Å². The number of hydrogen-bond donors (Lipinski definition) is 1. The zero-order chi connectivity index (χ0) is 18.9. The van der Waals surface area contributed by atoms with Crippen molar-refractivity contribution in [3.8, 4) is 5.75 Å². The van der Waals surface area contributed by atoms with E-state index in [-0.39, 0.29) is 27.4 Å². The van der Waals surface area contributed by atoms with E-state index in [2.05, 4.69) is 0 Å². The molecule has 1 fully saturated rings. The van der Waals surface area contributed by atoms with Crippen LogP contribution in [0.5, 0.6) is 5.75 Å². The third-order valence-corrected chi connectivity index (χ3v) is 5.64. The van der Waals surface area contributed by atoms with Crippen molar-refractivity contribution < 1.29 is 17.9 Å². The molecule has 2 N–H and O–H groups in total. The maximum Gasteiger partial charge on any atom is 0.254 e. The van der Waals surface area contributed by atoms with Crippen LogP contribution >= 0.6 is 11.6 Å². The number of nitrogens with zero attached hydrogens (tertiary/aromatic N) is 1. The number of carbonyl (C=O) groups is 1. The number of ether oxygens (including phenoxy) is 1. The normalized spacial score (nSPS) is 14.1. The Kier molecular flexibility index (Phi) is 5.22. The molecule has 0 radical (unpaired) electrons. The van der Waals surface area contributed by atoms with Gasteiger partial charge in [0.05, 0.1) is 12.1 Å². The van der Waals surface area contributed by atoms with Crippen LogP contribution in [0.3, 0.4) is 0 Å². The zero-order valence-electron chi connectivity index (χ0n) is 14.2. The summed E-state index contributed by atoms with van der Waals surface area (Å²) >= 11 is 5.90. The highest BCUT2D eigenvalue weighted by atomic mass is 35.5. The summed E-state index contributed by atoms with van der Waals surface area (Å²) in [6, 6.07) is 11.8. The Morgan fingerprint density at radius 1 is 1.23 bits per heavy atom. The number of carbonyl (C=O) groups excluding carboxylic acids is 1. The van der Waals surface area contributed by atoms with Gasteiger partial charge in [0.15, 0.2) is 0 Å². The van der Waals surface area contributed by atoms with Crippen molar-refractivity contribution in [1.82, 2.24) is 4.90 Å². The van der Waals surface area contributed by atoms with Crippen molar-refractivity contribution in [2.24, 2.45) is 5.14 Å². The van der Waals surface area contributed by atoms with Gasteiger partial charge in [-0.05, 0) is 48.7 Å². The van der Waals surface area contributed by atoms with Crippen LogP contribution in [-0.2, 0) is 16.6 Å². The number of methoxy groups -OCH3 is 1. The largest absolute Gasteiger partial charge is 0.497 e. The molecule has 2 aromatic carbocycles. The molecule has 3 rings (SSSR count). The summed E-state index contributed by atoms with van der Waals surface area (Å²) in [6.07, 6.45) is 1.86. The summed E-state index contributed by atoms with van der Waals surface area (Å²) in [6.45, 7) is 0.431. The van der Waals surface area contributed by atoms with Crippen LogP contribution in [0.25, 0.3) is 0 Å². The quantitative estimate of drug-likeness (QED) is 0.815. The van der Waals surface area contributed by atoms with E-state index < -0.39 is 10.0 Å². The average molecular weight is 395 g/mol. The lowest BCUT2D eigenvalue weighted by molar-refractivity contribution is 0.0729. The maximum absolute atomic E-state index is 13.0. The predicted octanol–water partition coefficient (Wildman–Crippen LogP) is 2.80. The molecule has 0 unspecified atom stereocenters. The maximum atomic E-state index is 13.0. The van der Waals surface area contributed by atoms with Gasteiger partial charge in [-0.2, -0.15) is 0 Å². The van der Waals surface area contributed by atoms with E-state index in [1.165, 1.54) is 18.2 Å². The Balaban J connectivity index is 1.87. The van der Waals surface area contributed by atoms with E-state index in [1.807, 2.05) is 24.3 Å². The molecule has 2 aromatic rings. The Morgan fingerprint density at radius 2 is 1.88 bits per heavy atom. The van der Waals surface area contributed by atoms with Crippen molar-refractivity contribution in [1.29, 1.82) is 0 Å². The number of hydrogen-bond acceptors (Lipinski definition) is 4. The molecule has 1 aliphatic carbocycles. The summed E-state index contributed by atoms with van der Waals surface area (Å²) < 4.78 is 28.5. The standard InChI is InChI=1S/C18H19ClN2O4S/c1-25-15-7-2-12(3-8-15)11-21(14-5-6-14)18(22)13-4-9-16(19)17(10-13)26(20,23)24/h2-4,7-10,14H,5-6,11H2,1H3,(H2,20,23,24). The highest BCUT2D eigenvalue weighted by Crippen LogP contribution is 2.31. The highest BCUT2D eigenvalue weighted by molar-refractivity contribution is 7.89. The van der Waals surface area contributed by atoms with Crippen LogP contribution < -0.4 is 9.88 Å². The molecule has 0 aromatic heterocycles. The van der Waals surface area contributed by atoms with Crippen LogP contribution in [-0.4, -0.2) is 32.4 Å². The SMILES string of the molecule is COc1ccc(CN(C(=O)c2ccc(Cl)c(S(N)(=O)=O)c2)C2CC2)cc1. The second kappa shape index (κ2) is 7.26. The number of primary sulfonamides is 1. The number of sulfonamides is 1. The lowest BCUT2D eigenvalue weighted by Crippen LogP contribution is -2.32. The number of rotatable bonds is 6. The molecule has 138 valence electrons. The van der Waals surface area contributed by atoms with Gasteiger partial charge in [0.2, 0.25) is 10.0 Å². The van der Waals surface area contributed by atoms with Crippen molar-refractivity contribution >= 4 is 27.5 Å². The first kappa shape index (κ1) is 18.7. The second-order valence-corrected chi connectivity index (χ2v) is 8.14. The number of nitrogens with two attached hydrogens (primary N) is 1. The Morgan fingerprint density at radius 3 is 2.42 bits per heavy atom.